The molecule has 2 unspecified atom stereocenters. The molecule has 2 rings (SSSR count). The van der Waals surface area contributed by atoms with Crippen LogP contribution in [0.2, 0.25) is 0 Å². The number of nitrogens with one attached hydrogen (secondary N) is 1. The molecule has 188 valence electrons. The minimum atomic E-state index is -0.155. The van der Waals surface area contributed by atoms with Crippen molar-refractivity contribution in [1.29, 1.82) is 0 Å². The third kappa shape index (κ3) is 8.51. The number of likely N-dealkylation sites (tertiary alicyclic amines) is 1. The van der Waals surface area contributed by atoms with Gasteiger partial charge in [0.25, 0.3) is 0 Å². The summed E-state index contributed by atoms with van der Waals surface area (Å²) in [5.41, 5.74) is 1.03. The molecule has 0 radical (unpaired) electrons. The molecule has 33 heavy (non-hydrogen) atoms. The minimum Gasteiger partial charge on any atom is -0.493 e. The van der Waals surface area contributed by atoms with Gasteiger partial charge in [-0.2, -0.15) is 0 Å². The zero-order valence-corrected chi connectivity index (χ0v) is 23.3. The van der Waals surface area contributed by atoms with Gasteiger partial charge in [-0.15, -0.1) is 24.0 Å². The van der Waals surface area contributed by atoms with Crippen LogP contribution in [0.15, 0.2) is 23.2 Å². The van der Waals surface area contributed by atoms with Gasteiger partial charge in [0.2, 0.25) is 0 Å². The topological polar surface area (TPSA) is 75.6 Å². The molecule has 0 aliphatic carbocycles. The summed E-state index contributed by atoms with van der Waals surface area (Å²) in [6.07, 6.45) is 0. The van der Waals surface area contributed by atoms with E-state index in [2.05, 4.69) is 35.9 Å². The average Bonchev–Trinajstić information content (AvgIpc) is 3.20. The molecule has 9 heteroatoms. The van der Waals surface area contributed by atoms with Crippen molar-refractivity contribution in [2.75, 3.05) is 60.1 Å². The molecule has 1 N–H and O–H groups in total. The molecular formula is C24H41IN4O4. The Morgan fingerprint density at radius 1 is 1.18 bits per heavy atom. The highest BCUT2D eigenvalue weighted by atomic mass is 127. The monoisotopic (exact) mass is 576 g/mol. The van der Waals surface area contributed by atoms with Crippen LogP contribution in [0.4, 0.5) is 0 Å². The van der Waals surface area contributed by atoms with Crippen LogP contribution in [0.3, 0.4) is 0 Å². The van der Waals surface area contributed by atoms with Crippen molar-refractivity contribution < 1.29 is 19.0 Å². The number of ether oxygens (including phenoxy) is 3. The molecule has 1 fully saturated rings. The lowest BCUT2D eigenvalue weighted by atomic mass is 9.99. The Kier molecular flexibility index (Phi) is 13.5. The predicted octanol–water partition coefficient (Wildman–Crippen LogP) is 3.24. The largest absolute Gasteiger partial charge is 0.493 e. The molecule has 0 saturated carbocycles. The Balaban J connectivity index is 0.00000544. The molecule has 0 aromatic heterocycles. The molecule has 1 saturated heterocycles. The van der Waals surface area contributed by atoms with Crippen molar-refractivity contribution >= 4 is 35.9 Å². The Bertz CT molecular complexity index is 758. The van der Waals surface area contributed by atoms with E-state index in [4.69, 9.17) is 19.2 Å². The number of rotatable bonds is 11. The molecular weight excluding hydrogens is 535 g/mol. The van der Waals surface area contributed by atoms with Crippen molar-refractivity contribution in [3.05, 3.63) is 23.8 Å². The zero-order valence-electron chi connectivity index (χ0n) is 20.9. The van der Waals surface area contributed by atoms with E-state index in [1.165, 1.54) is 7.11 Å². The van der Waals surface area contributed by atoms with E-state index in [0.717, 1.165) is 50.0 Å². The summed E-state index contributed by atoms with van der Waals surface area (Å²) in [5, 5.41) is 3.35. The summed E-state index contributed by atoms with van der Waals surface area (Å²) < 4.78 is 16.5. The molecule has 0 bridgehead atoms. The second-order valence-corrected chi connectivity index (χ2v) is 8.04. The van der Waals surface area contributed by atoms with E-state index in [-0.39, 0.29) is 41.8 Å². The Labute approximate surface area is 216 Å². The number of nitrogens with zero attached hydrogens (tertiary/aromatic N) is 3. The van der Waals surface area contributed by atoms with Gasteiger partial charge in [-0.25, -0.2) is 4.99 Å². The molecule has 1 aliphatic heterocycles. The number of esters is 1. The first-order valence-corrected chi connectivity index (χ1v) is 11.6. The van der Waals surface area contributed by atoms with Crippen molar-refractivity contribution in [3.63, 3.8) is 0 Å². The summed E-state index contributed by atoms with van der Waals surface area (Å²) >= 11 is 0. The fourth-order valence-electron chi connectivity index (χ4n) is 3.94. The van der Waals surface area contributed by atoms with Gasteiger partial charge in [-0.3, -0.25) is 4.79 Å². The van der Waals surface area contributed by atoms with Crippen molar-refractivity contribution in [2.45, 2.75) is 34.2 Å². The third-order valence-corrected chi connectivity index (χ3v) is 5.95. The molecule has 0 spiro atoms. The average molecular weight is 577 g/mol. The van der Waals surface area contributed by atoms with Crippen LogP contribution in [-0.2, 0) is 16.1 Å². The summed E-state index contributed by atoms with van der Waals surface area (Å²) in [7, 11) is 3.10. The summed E-state index contributed by atoms with van der Waals surface area (Å²) in [6.45, 7) is 14.6. The molecule has 1 heterocycles. The normalized spacial score (nSPS) is 18.2. The Morgan fingerprint density at radius 3 is 2.52 bits per heavy atom. The van der Waals surface area contributed by atoms with E-state index in [1.54, 1.807) is 7.11 Å². The maximum Gasteiger partial charge on any atom is 0.310 e. The first kappa shape index (κ1) is 29.3. The molecule has 1 aromatic rings. The first-order chi connectivity index (χ1) is 15.5. The number of methoxy groups -OCH3 is 2. The van der Waals surface area contributed by atoms with Gasteiger partial charge in [0.05, 0.1) is 26.7 Å². The lowest BCUT2D eigenvalue weighted by molar-refractivity contribution is -0.145. The summed E-state index contributed by atoms with van der Waals surface area (Å²) in [4.78, 5) is 21.3. The number of hydrogen-bond acceptors (Lipinski definition) is 6. The van der Waals surface area contributed by atoms with E-state index >= 15 is 0 Å². The maximum atomic E-state index is 12.0. The third-order valence-electron chi connectivity index (χ3n) is 5.95. The van der Waals surface area contributed by atoms with E-state index < -0.39 is 0 Å². The first-order valence-electron chi connectivity index (χ1n) is 11.6. The molecule has 2 atom stereocenters. The number of carbonyl (C=O) groups is 1. The summed E-state index contributed by atoms with van der Waals surface area (Å²) in [6, 6.07) is 5.94. The van der Waals surface area contributed by atoms with Crippen LogP contribution < -0.4 is 14.8 Å². The highest BCUT2D eigenvalue weighted by Crippen LogP contribution is 2.29. The van der Waals surface area contributed by atoms with Crippen molar-refractivity contribution in [1.82, 2.24) is 15.1 Å². The number of carbonyl (C=O) groups excluding carboxylic acids is 1. The van der Waals surface area contributed by atoms with Crippen LogP contribution >= 0.6 is 24.0 Å². The highest BCUT2D eigenvalue weighted by Gasteiger charge is 2.36. The Hall–Kier alpha value is -1.75. The number of aliphatic imine (C=N–C) groups is 1. The second-order valence-electron chi connectivity index (χ2n) is 8.04. The minimum absolute atomic E-state index is 0. The molecule has 8 nitrogen and oxygen atoms in total. The zero-order chi connectivity index (χ0) is 23.5. The number of hydrogen-bond donors (Lipinski definition) is 1. The molecule has 1 aromatic carbocycles. The smallest absolute Gasteiger partial charge is 0.310 e. The fourth-order valence-corrected chi connectivity index (χ4v) is 3.94. The number of likely N-dealkylation sites (N-methyl/N-ethyl adjacent to an activating group) is 1. The quantitative estimate of drug-likeness (QED) is 0.188. The summed E-state index contributed by atoms with van der Waals surface area (Å²) in [5.74, 6) is 2.20. The van der Waals surface area contributed by atoms with Crippen molar-refractivity contribution in [2.24, 2.45) is 16.8 Å². The fraction of sp³-hybridized carbons (Fsp3) is 0.667. The van der Waals surface area contributed by atoms with Crippen LogP contribution in [0.25, 0.3) is 0 Å². The standard InChI is InChI=1S/C24H40N4O4.HI/c1-7-25-24(28-16-18(4)20(17-28)23(29)31-6)26-15-19-10-11-21(22(14-19)30-5)32-13-12-27(8-2)9-3;/h10-11,14,18,20H,7-9,12-13,15-17H2,1-6H3,(H,25,26);1H. The van der Waals surface area contributed by atoms with Gasteiger partial charge < -0.3 is 29.3 Å². The van der Waals surface area contributed by atoms with Gasteiger partial charge in [-0.05, 0) is 43.6 Å². The number of halogens is 1. The van der Waals surface area contributed by atoms with Crippen LogP contribution in [0.5, 0.6) is 11.5 Å². The van der Waals surface area contributed by atoms with Gasteiger partial charge in [0.15, 0.2) is 17.5 Å². The number of benzene rings is 1. The predicted molar refractivity (Wildman–Crippen MR) is 143 cm³/mol. The SMILES string of the molecule is CCNC(=NCc1ccc(OCCN(CC)CC)c(OC)c1)N1CC(C)C(C(=O)OC)C1.I. The van der Waals surface area contributed by atoms with Crippen LogP contribution in [0.1, 0.15) is 33.3 Å². The highest BCUT2D eigenvalue weighted by molar-refractivity contribution is 14.0. The van der Waals surface area contributed by atoms with Gasteiger partial charge >= 0.3 is 5.97 Å². The van der Waals surface area contributed by atoms with Gasteiger partial charge in [0, 0.05) is 26.2 Å². The second kappa shape index (κ2) is 15.2. The van der Waals surface area contributed by atoms with E-state index in [1.807, 2.05) is 25.1 Å². The Morgan fingerprint density at radius 2 is 1.91 bits per heavy atom. The van der Waals surface area contributed by atoms with Crippen molar-refractivity contribution in [3.8, 4) is 11.5 Å². The van der Waals surface area contributed by atoms with Gasteiger partial charge in [-0.1, -0.05) is 26.8 Å². The maximum absolute atomic E-state index is 12.0. The van der Waals surface area contributed by atoms with E-state index in [0.29, 0.717) is 25.4 Å². The van der Waals surface area contributed by atoms with Gasteiger partial charge in [0.1, 0.15) is 6.61 Å². The number of guanidine groups is 1. The molecule has 0 amide bonds. The van der Waals surface area contributed by atoms with E-state index in [9.17, 15) is 4.79 Å². The van der Waals surface area contributed by atoms with Crippen LogP contribution in [-0.4, -0.2) is 81.8 Å². The lowest BCUT2D eigenvalue weighted by Gasteiger charge is -2.21. The lowest BCUT2D eigenvalue weighted by Crippen LogP contribution is -2.40. The van der Waals surface area contributed by atoms with Crippen LogP contribution in [0, 0.1) is 11.8 Å². The molecule has 1 aliphatic rings.